The van der Waals surface area contributed by atoms with Gasteiger partial charge in [-0.3, -0.25) is 0 Å². The minimum Gasteiger partial charge on any atom is -0.445 e. The summed E-state index contributed by atoms with van der Waals surface area (Å²) in [6.45, 7) is 16.5. The highest BCUT2D eigenvalue weighted by atomic mass is 16.5. The van der Waals surface area contributed by atoms with Crippen molar-refractivity contribution in [2.75, 3.05) is 13.7 Å². The van der Waals surface area contributed by atoms with E-state index in [9.17, 15) is 4.79 Å². The molecule has 118 valence electrons. The van der Waals surface area contributed by atoms with E-state index in [0.717, 1.165) is 11.5 Å². The first-order valence-corrected chi connectivity index (χ1v) is 7.18. The smallest absolute Gasteiger partial charge is 0.407 e. The number of nitrogens with one attached hydrogen (secondary N) is 1. The van der Waals surface area contributed by atoms with E-state index < -0.39 is 6.09 Å². The maximum absolute atomic E-state index is 10.7. The molecular formula is C17H33NO2. The largest absolute Gasteiger partial charge is 0.445 e. The van der Waals surface area contributed by atoms with Crippen LogP contribution in [0.5, 0.6) is 0 Å². The number of hydrogen-bond donors (Lipinski definition) is 1. The van der Waals surface area contributed by atoms with Gasteiger partial charge in [0.05, 0.1) is 0 Å². The molecule has 3 nitrogen and oxygen atoms in total. The lowest BCUT2D eigenvalue weighted by atomic mass is 10.2. The van der Waals surface area contributed by atoms with Crippen molar-refractivity contribution in [3.05, 3.63) is 36.5 Å². The van der Waals surface area contributed by atoms with Crippen LogP contribution in [0.15, 0.2) is 36.5 Å². The van der Waals surface area contributed by atoms with E-state index in [1.165, 1.54) is 13.5 Å². The Labute approximate surface area is 125 Å². The first kappa shape index (κ1) is 23.6. The lowest BCUT2D eigenvalue weighted by Crippen LogP contribution is -2.19. The zero-order valence-corrected chi connectivity index (χ0v) is 14.3. The van der Waals surface area contributed by atoms with Crippen molar-refractivity contribution in [3.63, 3.8) is 0 Å². The molecular weight excluding hydrogens is 250 g/mol. The predicted octanol–water partition coefficient (Wildman–Crippen LogP) is 5.11. The van der Waals surface area contributed by atoms with Crippen LogP contribution in [0, 0.1) is 5.92 Å². The van der Waals surface area contributed by atoms with Gasteiger partial charge in [-0.1, -0.05) is 71.9 Å². The molecule has 0 aliphatic carbocycles. The average molecular weight is 283 g/mol. The van der Waals surface area contributed by atoms with Crippen molar-refractivity contribution in [1.29, 1.82) is 0 Å². The lowest BCUT2D eigenvalue weighted by Gasteiger charge is -2.03. The van der Waals surface area contributed by atoms with Crippen molar-refractivity contribution < 1.29 is 9.53 Å². The topological polar surface area (TPSA) is 38.3 Å². The number of rotatable bonds is 4. The molecule has 0 aromatic rings. The number of allylic oxidation sites excluding steroid dienone is 3. The minimum atomic E-state index is -0.425. The Morgan fingerprint density at radius 2 is 1.75 bits per heavy atom. The summed E-state index contributed by atoms with van der Waals surface area (Å²) in [6.07, 6.45) is 8.01. The van der Waals surface area contributed by atoms with E-state index in [0.29, 0.717) is 0 Å². The highest BCUT2D eigenvalue weighted by Crippen LogP contribution is 1.98. The van der Waals surface area contributed by atoms with Gasteiger partial charge < -0.3 is 10.1 Å². The molecule has 3 heteroatoms. The van der Waals surface area contributed by atoms with Crippen LogP contribution in [0.4, 0.5) is 4.79 Å². The molecule has 0 radical (unpaired) electrons. The molecule has 0 unspecified atom stereocenters. The fraction of sp³-hybridized carbons (Fsp3) is 0.588. The third kappa shape index (κ3) is 30.0. The molecule has 20 heavy (non-hydrogen) atoms. The van der Waals surface area contributed by atoms with Gasteiger partial charge in [-0.05, 0) is 18.4 Å². The Morgan fingerprint density at radius 3 is 2.05 bits per heavy atom. The molecule has 0 rings (SSSR count). The summed E-state index contributed by atoms with van der Waals surface area (Å²) in [5.74, 6) is 0.833. The maximum Gasteiger partial charge on any atom is 0.407 e. The van der Waals surface area contributed by atoms with Gasteiger partial charge >= 0.3 is 6.09 Å². The molecule has 0 fully saturated rings. The van der Waals surface area contributed by atoms with E-state index in [1.807, 2.05) is 19.1 Å². The number of amides is 1. The van der Waals surface area contributed by atoms with Gasteiger partial charge in [-0.15, -0.1) is 0 Å². The van der Waals surface area contributed by atoms with Crippen LogP contribution in [0.3, 0.4) is 0 Å². The number of ether oxygens (including phenoxy) is 1. The van der Waals surface area contributed by atoms with Crippen molar-refractivity contribution in [2.24, 2.45) is 5.92 Å². The van der Waals surface area contributed by atoms with Gasteiger partial charge in [-0.25, -0.2) is 4.79 Å². The van der Waals surface area contributed by atoms with Crippen LogP contribution in [-0.4, -0.2) is 19.7 Å². The monoisotopic (exact) mass is 283 g/mol. The zero-order chi connectivity index (χ0) is 16.4. The van der Waals surface area contributed by atoms with Crippen molar-refractivity contribution in [3.8, 4) is 0 Å². The second-order valence-corrected chi connectivity index (χ2v) is 4.72. The lowest BCUT2D eigenvalue weighted by molar-refractivity contribution is 0.159. The van der Waals surface area contributed by atoms with E-state index in [1.54, 1.807) is 12.2 Å². The molecule has 0 aliphatic heterocycles. The van der Waals surface area contributed by atoms with Crippen molar-refractivity contribution in [2.45, 2.75) is 48.0 Å². The first-order valence-electron chi connectivity index (χ1n) is 7.18. The molecule has 0 spiro atoms. The molecule has 0 saturated heterocycles. The van der Waals surface area contributed by atoms with Gasteiger partial charge in [0.25, 0.3) is 0 Å². The molecule has 0 aliphatic rings. The quantitative estimate of drug-likeness (QED) is 0.728. The van der Waals surface area contributed by atoms with Crippen LogP contribution in [-0.2, 0) is 4.74 Å². The second kappa shape index (κ2) is 19.8. The van der Waals surface area contributed by atoms with Crippen LogP contribution >= 0.6 is 0 Å². The average Bonchev–Trinajstić information content (AvgIpc) is 2.39. The Bertz CT molecular complexity index is 276. The summed E-state index contributed by atoms with van der Waals surface area (Å²) >= 11 is 0. The number of carbonyl (C=O) groups excluding carboxylic acids is 1. The molecule has 0 bridgehead atoms. The summed E-state index contributed by atoms with van der Waals surface area (Å²) in [6, 6.07) is 0. The van der Waals surface area contributed by atoms with Crippen molar-refractivity contribution >= 4 is 6.09 Å². The molecule has 0 atom stereocenters. The van der Waals surface area contributed by atoms with Gasteiger partial charge in [-0.2, -0.15) is 0 Å². The van der Waals surface area contributed by atoms with Crippen LogP contribution in [0.25, 0.3) is 0 Å². The Balaban J connectivity index is -0.000000343. The summed E-state index contributed by atoms with van der Waals surface area (Å²) in [5, 5.41) is 2.37. The zero-order valence-electron chi connectivity index (χ0n) is 14.3. The molecule has 0 saturated carbocycles. The number of carbonyl (C=O) groups is 1. The molecule has 0 aromatic heterocycles. The summed E-state index contributed by atoms with van der Waals surface area (Å²) < 4.78 is 4.84. The third-order valence-corrected chi connectivity index (χ3v) is 1.39. The van der Waals surface area contributed by atoms with Gasteiger partial charge in [0.1, 0.15) is 6.61 Å². The molecule has 0 aromatic carbocycles. The number of alkyl carbamates (subject to hydrolysis) is 1. The first-order chi connectivity index (χ1) is 9.39. The predicted molar refractivity (Wildman–Crippen MR) is 90.0 cm³/mol. The minimum absolute atomic E-state index is 0.278. The highest BCUT2D eigenvalue weighted by Gasteiger charge is 1.97. The normalized spacial score (nSPS) is 10.1. The molecule has 1 N–H and O–H groups in total. The Kier molecular flexibility index (Phi) is 23.4. The Hall–Kier alpha value is -1.51. The second-order valence-electron chi connectivity index (χ2n) is 4.72. The van der Waals surface area contributed by atoms with Crippen LogP contribution in [0.2, 0.25) is 0 Å². The molecule has 1 amide bonds. The summed E-state index contributed by atoms with van der Waals surface area (Å²) in [5.41, 5.74) is 0.934. The van der Waals surface area contributed by atoms with Gasteiger partial charge in [0, 0.05) is 7.05 Å². The SMILES string of the molecule is C=C/C=C\C(=C/C)COC(=O)NC.CC(C)C.CCC. The highest BCUT2D eigenvalue weighted by molar-refractivity contribution is 5.66. The fourth-order valence-electron chi connectivity index (χ4n) is 0.640. The summed E-state index contributed by atoms with van der Waals surface area (Å²) in [7, 11) is 1.53. The molecule has 0 heterocycles. The van der Waals surface area contributed by atoms with Crippen LogP contribution < -0.4 is 5.32 Å². The van der Waals surface area contributed by atoms with E-state index in [4.69, 9.17) is 4.74 Å². The fourth-order valence-corrected chi connectivity index (χ4v) is 0.640. The Morgan fingerprint density at radius 1 is 1.30 bits per heavy atom. The standard InChI is InChI=1S/C10H15NO2.C4H10.C3H8/c1-4-6-7-9(5-2)8-13-10(12)11-3;1-4(2)3;1-3-2/h4-7H,1,8H2,2-3H3,(H,11,12);4H,1-3H3;3H2,1-2H3/b7-6-,9-5+;;. The number of hydrogen-bond acceptors (Lipinski definition) is 2. The summed E-state index contributed by atoms with van der Waals surface area (Å²) in [4.78, 5) is 10.7. The van der Waals surface area contributed by atoms with E-state index >= 15 is 0 Å². The maximum atomic E-state index is 10.7. The third-order valence-electron chi connectivity index (χ3n) is 1.39. The van der Waals surface area contributed by atoms with Gasteiger partial charge in [0.15, 0.2) is 0 Å². The van der Waals surface area contributed by atoms with E-state index in [2.05, 4.69) is 46.5 Å². The van der Waals surface area contributed by atoms with Crippen molar-refractivity contribution in [1.82, 2.24) is 5.32 Å². The van der Waals surface area contributed by atoms with Gasteiger partial charge in [0.2, 0.25) is 0 Å². The van der Waals surface area contributed by atoms with E-state index in [-0.39, 0.29) is 6.61 Å². The van der Waals surface area contributed by atoms with Crippen LogP contribution in [0.1, 0.15) is 48.0 Å².